The Morgan fingerprint density at radius 2 is 1.85 bits per heavy atom. The van der Waals surface area contributed by atoms with Gasteiger partial charge in [-0.05, 0) is 35.9 Å². The van der Waals surface area contributed by atoms with Crippen LogP contribution in [0.4, 0.5) is 5.69 Å². The number of carbonyl (C=O) groups is 1. The normalized spacial score (nSPS) is 10.4. The lowest BCUT2D eigenvalue weighted by atomic mass is 10.2. The Balaban J connectivity index is 1.86. The van der Waals surface area contributed by atoms with Crippen LogP contribution < -0.4 is 19.6 Å². The van der Waals surface area contributed by atoms with Gasteiger partial charge in [0.1, 0.15) is 19.0 Å². The van der Waals surface area contributed by atoms with E-state index in [4.69, 9.17) is 14.2 Å². The van der Waals surface area contributed by atoms with Crippen molar-refractivity contribution in [1.82, 2.24) is 5.43 Å². The van der Waals surface area contributed by atoms with Gasteiger partial charge in [-0.25, -0.2) is 5.43 Å². The Morgan fingerprint density at radius 3 is 2.48 bits per heavy atom. The molecule has 0 atom stereocenters. The monoisotopic (exact) mass is 373 g/mol. The number of nitro groups is 1. The number of hydrogen-bond donors (Lipinski definition) is 1. The van der Waals surface area contributed by atoms with Gasteiger partial charge in [0.25, 0.3) is 5.69 Å². The molecule has 0 aliphatic carbocycles. The molecule has 1 amide bonds. The van der Waals surface area contributed by atoms with Crippen molar-refractivity contribution in [2.24, 2.45) is 5.10 Å². The summed E-state index contributed by atoms with van der Waals surface area (Å²) in [7, 11) is 1.52. The molecule has 0 aromatic heterocycles. The SMILES string of the molecule is COc1cc(/C=N\NC(C)=O)ccc1OCCOc1ccc([N+](=O)[O-])cc1. The number of benzene rings is 2. The summed E-state index contributed by atoms with van der Waals surface area (Å²) in [4.78, 5) is 20.9. The molecule has 0 aliphatic heterocycles. The quantitative estimate of drug-likeness (QED) is 0.313. The van der Waals surface area contributed by atoms with Crippen molar-refractivity contribution >= 4 is 17.8 Å². The third-order valence-electron chi connectivity index (χ3n) is 3.28. The molecule has 9 nitrogen and oxygen atoms in total. The molecule has 9 heteroatoms. The zero-order chi connectivity index (χ0) is 19.6. The van der Waals surface area contributed by atoms with Crippen LogP contribution in [0.15, 0.2) is 47.6 Å². The zero-order valence-corrected chi connectivity index (χ0v) is 14.9. The Hall–Kier alpha value is -3.62. The molecule has 0 saturated heterocycles. The van der Waals surface area contributed by atoms with Crippen molar-refractivity contribution in [3.8, 4) is 17.2 Å². The number of hydrazone groups is 1. The number of nitrogens with one attached hydrogen (secondary N) is 1. The van der Waals surface area contributed by atoms with Gasteiger partial charge in [-0.3, -0.25) is 14.9 Å². The maximum Gasteiger partial charge on any atom is 0.269 e. The molecule has 142 valence electrons. The van der Waals surface area contributed by atoms with Crippen LogP contribution in [0.1, 0.15) is 12.5 Å². The average Bonchev–Trinajstić information content (AvgIpc) is 2.66. The van der Waals surface area contributed by atoms with E-state index in [1.165, 1.54) is 44.5 Å². The van der Waals surface area contributed by atoms with Gasteiger partial charge in [0.2, 0.25) is 5.91 Å². The topological polar surface area (TPSA) is 112 Å². The largest absolute Gasteiger partial charge is 0.493 e. The smallest absolute Gasteiger partial charge is 0.269 e. The lowest BCUT2D eigenvalue weighted by Gasteiger charge is -2.12. The van der Waals surface area contributed by atoms with Crippen molar-refractivity contribution < 1.29 is 23.9 Å². The molecular weight excluding hydrogens is 354 g/mol. The van der Waals surface area contributed by atoms with Crippen molar-refractivity contribution in [3.63, 3.8) is 0 Å². The molecule has 0 bridgehead atoms. The molecule has 27 heavy (non-hydrogen) atoms. The molecule has 2 rings (SSSR count). The van der Waals surface area contributed by atoms with Gasteiger partial charge in [0.15, 0.2) is 11.5 Å². The van der Waals surface area contributed by atoms with Gasteiger partial charge < -0.3 is 14.2 Å². The molecule has 0 saturated carbocycles. The highest BCUT2D eigenvalue weighted by molar-refractivity contribution is 5.82. The molecule has 2 aromatic rings. The summed E-state index contributed by atoms with van der Waals surface area (Å²) >= 11 is 0. The maximum atomic E-state index is 10.8. The number of methoxy groups -OCH3 is 1. The second-order valence-corrected chi connectivity index (χ2v) is 5.28. The summed E-state index contributed by atoms with van der Waals surface area (Å²) in [5.74, 6) is 1.30. The van der Waals surface area contributed by atoms with E-state index in [2.05, 4.69) is 10.5 Å². The van der Waals surface area contributed by atoms with Crippen molar-refractivity contribution in [1.29, 1.82) is 0 Å². The van der Waals surface area contributed by atoms with Gasteiger partial charge in [-0.1, -0.05) is 0 Å². The molecule has 2 aromatic carbocycles. The van der Waals surface area contributed by atoms with Crippen LogP contribution in [0.5, 0.6) is 17.2 Å². The number of hydrogen-bond acceptors (Lipinski definition) is 7. The lowest BCUT2D eigenvalue weighted by Crippen LogP contribution is -2.12. The van der Waals surface area contributed by atoms with Crippen LogP contribution in [0.3, 0.4) is 0 Å². The number of non-ortho nitro benzene ring substituents is 1. The summed E-state index contributed by atoms with van der Waals surface area (Å²) in [6.07, 6.45) is 1.49. The number of rotatable bonds is 9. The highest BCUT2D eigenvalue weighted by atomic mass is 16.6. The highest BCUT2D eigenvalue weighted by Crippen LogP contribution is 2.27. The molecule has 0 heterocycles. The molecule has 0 aliphatic rings. The Morgan fingerprint density at radius 1 is 1.15 bits per heavy atom. The van der Waals surface area contributed by atoms with Gasteiger partial charge in [-0.2, -0.15) is 5.10 Å². The lowest BCUT2D eigenvalue weighted by molar-refractivity contribution is -0.384. The first-order valence-corrected chi connectivity index (χ1v) is 7.97. The van der Waals surface area contributed by atoms with Crippen molar-refractivity contribution in [2.45, 2.75) is 6.92 Å². The summed E-state index contributed by atoms with van der Waals surface area (Å²) in [6, 6.07) is 11.0. The first-order valence-electron chi connectivity index (χ1n) is 7.97. The van der Waals surface area contributed by atoms with E-state index in [1.54, 1.807) is 18.2 Å². The minimum atomic E-state index is -0.469. The van der Waals surface area contributed by atoms with Crippen LogP contribution in [0, 0.1) is 10.1 Å². The second-order valence-electron chi connectivity index (χ2n) is 5.28. The Labute approximate surface area is 155 Å². The predicted octanol–water partition coefficient (Wildman–Crippen LogP) is 2.53. The van der Waals surface area contributed by atoms with E-state index < -0.39 is 4.92 Å². The van der Waals surface area contributed by atoms with Crippen molar-refractivity contribution in [3.05, 3.63) is 58.1 Å². The predicted molar refractivity (Wildman–Crippen MR) is 98.5 cm³/mol. The van der Waals surface area contributed by atoms with E-state index in [9.17, 15) is 14.9 Å². The van der Waals surface area contributed by atoms with Crippen LogP contribution in [0.2, 0.25) is 0 Å². The van der Waals surface area contributed by atoms with Gasteiger partial charge >= 0.3 is 0 Å². The van der Waals surface area contributed by atoms with E-state index in [1.807, 2.05) is 0 Å². The van der Waals surface area contributed by atoms with Crippen LogP contribution in [-0.2, 0) is 4.79 Å². The number of carbonyl (C=O) groups excluding carboxylic acids is 1. The maximum absolute atomic E-state index is 10.8. The number of ether oxygens (including phenoxy) is 3. The zero-order valence-electron chi connectivity index (χ0n) is 14.9. The standard InChI is InChI=1S/C18H19N3O6/c1-13(22)20-19-12-14-3-8-17(18(11-14)25-2)27-10-9-26-16-6-4-15(5-7-16)21(23)24/h3-8,11-12H,9-10H2,1-2H3,(H,20,22)/b19-12-. The molecular formula is C18H19N3O6. The van der Waals surface area contributed by atoms with Gasteiger partial charge in [0.05, 0.1) is 18.2 Å². The minimum Gasteiger partial charge on any atom is -0.493 e. The van der Waals surface area contributed by atoms with E-state index in [0.717, 1.165) is 5.56 Å². The van der Waals surface area contributed by atoms with E-state index >= 15 is 0 Å². The van der Waals surface area contributed by atoms with E-state index in [0.29, 0.717) is 17.2 Å². The average molecular weight is 373 g/mol. The summed E-state index contributed by atoms with van der Waals surface area (Å²) in [6.45, 7) is 1.88. The number of nitrogens with zero attached hydrogens (tertiary/aromatic N) is 2. The van der Waals surface area contributed by atoms with Gasteiger partial charge in [-0.15, -0.1) is 0 Å². The highest BCUT2D eigenvalue weighted by Gasteiger charge is 2.07. The fourth-order valence-electron chi connectivity index (χ4n) is 2.06. The molecule has 0 radical (unpaired) electrons. The third-order valence-corrected chi connectivity index (χ3v) is 3.28. The van der Waals surface area contributed by atoms with Crippen molar-refractivity contribution in [2.75, 3.05) is 20.3 Å². The van der Waals surface area contributed by atoms with Gasteiger partial charge in [0, 0.05) is 19.1 Å². The third kappa shape index (κ3) is 6.31. The fraction of sp³-hybridized carbons (Fsp3) is 0.222. The van der Waals surface area contributed by atoms with Crippen LogP contribution in [0.25, 0.3) is 0 Å². The first kappa shape index (κ1) is 19.7. The van der Waals surface area contributed by atoms with E-state index in [-0.39, 0.29) is 24.8 Å². The summed E-state index contributed by atoms with van der Waals surface area (Å²) in [5.41, 5.74) is 3.05. The number of nitro benzene ring substituents is 1. The molecule has 0 unspecified atom stereocenters. The first-order chi connectivity index (χ1) is 13.0. The summed E-state index contributed by atoms with van der Waals surface area (Å²) in [5, 5.41) is 14.4. The fourth-order valence-corrected chi connectivity index (χ4v) is 2.06. The van der Waals surface area contributed by atoms with Crippen LogP contribution in [-0.4, -0.2) is 37.4 Å². The van der Waals surface area contributed by atoms with Crippen LogP contribution >= 0.6 is 0 Å². The second kappa shape index (κ2) is 9.76. The number of amides is 1. The molecule has 0 fully saturated rings. The Bertz CT molecular complexity index is 820. The minimum absolute atomic E-state index is 0.00506. The molecule has 0 spiro atoms. The molecule has 1 N–H and O–H groups in total. The summed E-state index contributed by atoms with van der Waals surface area (Å²) < 4.78 is 16.4. The Kier molecular flexibility index (Phi) is 7.12.